The van der Waals surface area contributed by atoms with Crippen LogP contribution >= 0.6 is 0 Å². The molecule has 18 heavy (non-hydrogen) atoms. The van der Waals surface area contributed by atoms with E-state index in [-0.39, 0.29) is 23.2 Å². The second-order valence-corrected chi connectivity index (χ2v) is 3.66. The van der Waals surface area contributed by atoms with Gasteiger partial charge in [0, 0.05) is 23.5 Å². The molecule has 1 aliphatic heterocycles. The van der Waals surface area contributed by atoms with E-state index in [1.807, 2.05) is 0 Å². The minimum atomic E-state index is -2.84. The van der Waals surface area contributed by atoms with Gasteiger partial charge in [-0.05, 0) is 30.6 Å². The van der Waals surface area contributed by atoms with E-state index >= 15 is 0 Å². The summed E-state index contributed by atoms with van der Waals surface area (Å²) in [4.78, 5) is 21.8. The van der Waals surface area contributed by atoms with Crippen molar-refractivity contribution in [2.24, 2.45) is 0 Å². The Labute approximate surface area is 114 Å². The SMILES string of the molecule is [2H]c1ccnc2c1C(=O)N([2H])c1c(nc([2H])c([2H])c1C([2H])([2H])[2H])N2C. The van der Waals surface area contributed by atoms with E-state index in [1.54, 1.807) is 0 Å². The lowest BCUT2D eigenvalue weighted by Gasteiger charge is -2.18. The van der Waals surface area contributed by atoms with Crippen LogP contribution in [0.25, 0.3) is 0 Å². The molecular weight excluding hydrogens is 228 g/mol. The molecule has 0 bridgehead atoms. The van der Waals surface area contributed by atoms with Crippen LogP contribution in [0.4, 0.5) is 17.3 Å². The van der Waals surface area contributed by atoms with E-state index < -0.39 is 36.2 Å². The number of hydrogen-bond donors (Lipinski definition) is 1. The molecule has 5 nitrogen and oxygen atoms in total. The normalized spacial score (nSPS) is 20.3. The van der Waals surface area contributed by atoms with Crippen LogP contribution in [-0.4, -0.2) is 22.9 Å². The second-order valence-electron chi connectivity index (χ2n) is 3.66. The van der Waals surface area contributed by atoms with Crippen LogP contribution in [0.1, 0.15) is 24.1 Å². The lowest BCUT2D eigenvalue weighted by atomic mass is 10.2. The highest BCUT2D eigenvalue weighted by Crippen LogP contribution is 2.35. The highest BCUT2D eigenvalue weighted by Gasteiger charge is 2.25. The number of rotatable bonds is 0. The Bertz CT molecular complexity index is 899. The quantitative estimate of drug-likeness (QED) is 0.774. The summed E-state index contributed by atoms with van der Waals surface area (Å²) in [6.07, 6.45) is 0.707. The van der Waals surface area contributed by atoms with Crippen molar-refractivity contribution in [3.63, 3.8) is 0 Å². The third-order valence-corrected chi connectivity index (χ3v) is 2.58. The average molecular weight is 247 g/mol. The van der Waals surface area contributed by atoms with Gasteiger partial charge in [0.2, 0.25) is 0 Å². The highest BCUT2D eigenvalue weighted by molar-refractivity contribution is 6.11. The van der Waals surface area contributed by atoms with Crippen molar-refractivity contribution in [3.05, 3.63) is 41.6 Å². The van der Waals surface area contributed by atoms with E-state index in [9.17, 15) is 4.79 Å². The standard InChI is InChI=1S/C13H12N4O/c1-8-5-7-15-12-10(8)16-13(18)9-4-3-6-14-11(9)17(12)2/h3-7H,1-2H3,(H,16,18)/i1D3,4D,5D,7D/hD. The van der Waals surface area contributed by atoms with Gasteiger partial charge >= 0.3 is 0 Å². The lowest BCUT2D eigenvalue weighted by molar-refractivity contribution is 0.102. The molecule has 3 rings (SSSR count). The summed E-state index contributed by atoms with van der Waals surface area (Å²) >= 11 is 0. The van der Waals surface area contributed by atoms with Gasteiger partial charge in [-0.3, -0.25) is 4.79 Å². The largest absolute Gasteiger partial charge is 0.318 e. The van der Waals surface area contributed by atoms with Gasteiger partial charge in [-0.15, -0.1) is 0 Å². The maximum Gasteiger partial charge on any atom is 0.259 e. The molecule has 0 atom stereocenters. The van der Waals surface area contributed by atoms with Crippen LogP contribution in [0.5, 0.6) is 0 Å². The zero-order valence-corrected chi connectivity index (χ0v) is 9.35. The van der Waals surface area contributed by atoms with Gasteiger partial charge in [-0.25, -0.2) is 9.97 Å². The third kappa shape index (κ3) is 1.44. The predicted molar refractivity (Wildman–Crippen MR) is 69.2 cm³/mol. The first-order valence-electron chi connectivity index (χ1n) is 8.54. The van der Waals surface area contributed by atoms with Gasteiger partial charge in [-0.1, -0.05) is 0 Å². The summed E-state index contributed by atoms with van der Waals surface area (Å²) < 4.78 is 54.7. The minimum absolute atomic E-state index is 0.0228. The van der Waals surface area contributed by atoms with Crippen molar-refractivity contribution in [3.8, 4) is 0 Å². The Balaban J connectivity index is 2.45. The van der Waals surface area contributed by atoms with E-state index in [0.717, 1.165) is 0 Å². The molecule has 2 aromatic rings. The molecule has 1 aliphatic rings. The molecule has 0 saturated carbocycles. The molecule has 0 radical (unpaired) electrons. The summed E-state index contributed by atoms with van der Waals surface area (Å²) in [5.74, 6) is -1.09. The topological polar surface area (TPSA) is 58.1 Å². The summed E-state index contributed by atoms with van der Waals surface area (Å²) in [5.41, 5.74) is -1.21. The average Bonchev–Trinajstić information content (AvgIpc) is 2.59. The first kappa shape index (κ1) is 5.48. The van der Waals surface area contributed by atoms with Gasteiger partial charge in [-0.2, -0.15) is 0 Å². The number of carbonyl (C=O) groups excluding carboxylic acids is 1. The maximum atomic E-state index is 12.7. The minimum Gasteiger partial charge on any atom is -0.318 e. The Hall–Kier alpha value is -2.43. The Kier molecular flexibility index (Phi) is 1.16. The number of amides is 1. The van der Waals surface area contributed by atoms with E-state index in [2.05, 4.69) is 9.97 Å². The van der Waals surface area contributed by atoms with E-state index in [1.165, 1.54) is 24.2 Å². The van der Waals surface area contributed by atoms with Crippen molar-refractivity contribution in [1.29, 1.82) is 0 Å². The summed E-state index contributed by atoms with van der Waals surface area (Å²) in [5, 5.41) is 0.309. The summed E-state index contributed by atoms with van der Waals surface area (Å²) in [6, 6.07) is 0.417. The molecule has 90 valence electrons. The molecular formula is C13H12N4O. The van der Waals surface area contributed by atoms with Crippen LogP contribution in [0.2, 0.25) is 1.41 Å². The van der Waals surface area contributed by atoms with Crippen molar-refractivity contribution in [2.45, 2.75) is 6.85 Å². The number of aromatic nitrogens is 2. The monoisotopic (exact) mass is 247 g/mol. The third-order valence-electron chi connectivity index (χ3n) is 2.58. The molecule has 0 spiro atoms. The highest BCUT2D eigenvalue weighted by atomic mass is 16.1. The van der Waals surface area contributed by atoms with Crippen LogP contribution in [0.3, 0.4) is 0 Å². The van der Waals surface area contributed by atoms with Gasteiger partial charge in [0.15, 0.2) is 7.23 Å². The predicted octanol–water partition coefficient (Wildman–Crippen LogP) is 2.12. The Morgan fingerprint density at radius 2 is 2.33 bits per heavy atom. The molecule has 3 heterocycles. The van der Waals surface area contributed by atoms with Crippen LogP contribution in [-0.2, 0) is 0 Å². The molecule has 0 aromatic carbocycles. The second kappa shape index (κ2) is 3.80. The van der Waals surface area contributed by atoms with Crippen LogP contribution in [0.15, 0.2) is 30.5 Å². The number of hydrogen-bond acceptors (Lipinski definition) is 4. The Morgan fingerprint density at radius 3 is 3.17 bits per heavy atom. The summed E-state index contributed by atoms with van der Waals surface area (Å²) in [6.45, 7) is -2.84. The zero-order chi connectivity index (χ0) is 18.7. The molecule has 1 amide bonds. The van der Waals surface area contributed by atoms with Gasteiger partial charge < -0.3 is 10.2 Å². The number of nitrogens with zero attached hydrogens (tertiary/aromatic N) is 3. The maximum absolute atomic E-state index is 12.7. The smallest absolute Gasteiger partial charge is 0.259 e. The zero-order valence-electron chi connectivity index (χ0n) is 16.4. The number of nitrogens with one attached hydrogen (secondary N) is 1. The van der Waals surface area contributed by atoms with Crippen molar-refractivity contribution in [2.75, 3.05) is 17.3 Å². The van der Waals surface area contributed by atoms with Gasteiger partial charge in [0.1, 0.15) is 5.82 Å². The van der Waals surface area contributed by atoms with Crippen molar-refractivity contribution in [1.82, 2.24) is 9.97 Å². The van der Waals surface area contributed by atoms with Crippen molar-refractivity contribution < 1.29 is 14.4 Å². The molecule has 0 fully saturated rings. The molecule has 2 aromatic heterocycles. The molecule has 0 saturated heterocycles. The summed E-state index contributed by atoms with van der Waals surface area (Å²) in [7, 11) is 1.44. The van der Waals surface area contributed by atoms with Gasteiger partial charge in [0.05, 0.1) is 15.4 Å². The number of pyridine rings is 2. The Morgan fingerprint density at radius 1 is 1.44 bits per heavy atom. The lowest BCUT2D eigenvalue weighted by Crippen LogP contribution is -2.14. The van der Waals surface area contributed by atoms with Crippen LogP contribution in [0, 0.1) is 6.85 Å². The van der Waals surface area contributed by atoms with Crippen LogP contribution < -0.4 is 10.2 Å². The molecule has 0 unspecified atom stereocenters. The van der Waals surface area contributed by atoms with Gasteiger partial charge in [0.25, 0.3) is 5.91 Å². The van der Waals surface area contributed by atoms with Crippen molar-refractivity contribution >= 4 is 23.2 Å². The molecule has 0 aliphatic carbocycles. The number of anilines is 3. The number of carbonyl (C=O) groups is 1. The molecule has 5 heteroatoms. The number of fused-ring (bicyclic) bond motifs is 2. The van der Waals surface area contributed by atoms with E-state index in [4.69, 9.17) is 9.64 Å². The first-order chi connectivity index (χ1) is 11.6. The molecule has 1 N–H and O–H groups in total. The fourth-order valence-electron chi connectivity index (χ4n) is 1.73. The fraction of sp³-hybridized carbons (Fsp3) is 0.154. The van der Waals surface area contributed by atoms with E-state index in [0.29, 0.717) is 5.31 Å². The fourth-order valence-corrected chi connectivity index (χ4v) is 1.73. The first-order valence-corrected chi connectivity index (χ1v) is 5.10.